The summed E-state index contributed by atoms with van der Waals surface area (Å²) in [6, 6.07) is 0. The Morgan fingerprint density at radius 3 is 1.75 bits per heavy atom. The lowest BCUT2D eigenvalue weighted by Crippen LogP contribution is -2.21. The Morgan fingerprint density at radius 1 is 0.917 bits per heavy atom. The Balaban J connectivity index is 2.38. The maximum atomic E-state index is 13.9. The van der Waals surface area contributed by atoms with Crippen molar-refractivity contribution in [1.29, 1.82) is 0 Å². The summed E-state index contributed by atoms with van der Waals surface area (Å²) in [4.78, 5) is 0. The summed E-state index contributed by atoms with van der Waals surface area (Å²) >= 11 is 0. The summed E-state index contributed by atoms with van der Waals surface area (Å²) in [7, 11) is 0. The van der Waals surface area contributed by atoms with Crippen LogP contribution in [0.5, 0.6) is 0 Å². The molecule has 0 bridgehead atoms. The number of alkyl halides is 1. The standard InChI is InChI=1S/C11H21F/c1-2-11(12)9-7-5-3-4-6-8-10-11/h2-10H2,1H3. The normalized spacial score (nSPS) is 25.5. The zero-order chi connectivity index (χ0) is 8.86. The van der Waals surface area contributed by atoms with Crippen LogP contribution in [0.25, 0.3) is 0 Å². The van der Waals surface area contributed by atoms with Crippen molar-refractivity contribution in [3.8, 4) is 0 Å². The van der Waals surface area contributed by atoms with Crippen LogP contribution in [0.15, 0.2) is 0 Å². The van der Waals surface area contributed by atoms with Gasteiger partial charge in [0, 0.05) is 0 Å². The molecule has 0 radical (unpaired) electrons. The molecule has 0 aromatic rings. The highest BCUT2D eigenvalue weighted by Gasteiger charge is 2.26. The van der Waals surface area contributed by atoms with Gasteiger partial charge >= 0.3 is 0 Å². The van der Waals surface area contributed by atoms with E-state index in [1.807, 2.05) is 6.92 Å². The fourth-order valence-corrected chi connectivity index (χ4v) is 2.07. The van der Waals surface area contributed by atoms with Crippen LogP contribution in [-0.2, 0) is 0 Å². The molecule has 0 aromatic heterocycles. The van der Waals surface area contributed by atoms with E-state index in [2.05, 4.69) is 0 Å². The van der Waals surface area contributed by atoms with E-state index in [0.29, 0.717) is 6.42 Å². The molecule has 1 saturated carbocycles. The first-order chi connectivity index (χ1) is 5.77. The van der Waals surface area contributed by atoms with Crippen LogP contribution < -0.4 is 0 Å². The van der Waals surface area contributed by atoms with Crippen LogP contribution in [0.2, 0.25) is 0 Å². The molecule has 72 valence electrons. The van der Waals surface area contributed by atoms with E-state index < -0.39 is 5.67 Å². The van der Waals surface area contributed by atoms with Crippen molar-refractivity contribution < 1.29 is 4.39 Å². The molecule has 0 unspecified atom stereocenters. The van der Waals surface area contributed by atoms with Crippen molar-refractivity contribution in [2.75, 3.05) is 0 Å². The highest BCUT2D eigenvalue weighted by molar-refractivity contribution is 4.78. The summed E-state index contributed by atoms with van der Waals surface area (Å²) in [6.07, 6.45) is 9.66. The summed E-state index contributed by atoms with van der Waals surface area (Å²) in [6.45, 7) is 1.98. The van der Waals surface area contributed by atoms with Gasteiger partial charge in [0.1, 0.15) is 5.67 Å². The van der Waals surface area contributed by atoms with Crippen molar-refractivity contribution >= 4 is 0 Å². The third kappa shape index (κ3) is 3.12. The van der Waals surface area contributed by atoms with E-state index >= 15 is 0 Å². The summed E-state index contributed by atoms with van der Waals surface area (Å²) in [5.74, 6) is 0. The number of hydrogen-bond donors (Lipinski definition) is 0. The van der Waals surface area contributed by atoms with E-state index in [9.17, 15) is 4.39 Å². The fraction of sp³-hybridized carbons (Fsp3) is 1.00. The van der Waals surface area contributed by atoms with Crippen molar-refractivity contribution in [3.05, 3.63) is 0 Å². The molecular formula is C11H21F. The average molecular weight is 172 g/mol. The Bertz CT molecular complexity index is 110. The van der Waals surface area contributed by atoms with E-state index in [-0.39, 0.29) is 0 Å². The third-order valence-corrected chi connectivity index (χ3v) is 3.13. The van der Waals surface area contributed by atoms with Gasteiger partial charge in [0.05, 0.1) is 0 Å². The van der Waals surface area contributed by atoms with Crippen LogP contribution in [0.3, 0.4) is 0 Å². The van der Waals surface area contributed by atoms with Gasteiger partial charge in [-0.3, -0.25) is 0 Å². The van der Waals surface area contributed by atoms with Crippen molar-refractivity contribution in [1.82, 2.24) is 0 Å². The Labute approximate surface area is 75.5 Å². The molecule has 1 fully saturated rings. The minimum atomic E-state index is -0.815. The highest BCUT2D eigenvalue weighted by atomic mass is 19.1. The second-order valence-electron chi connectivity index (χ2n) is 4.13. The lowest BCUT2D eigenvalue weighted by atomic mass is 9.91. The molecule has 1 rings (SSSR count). The molecule has 12 heavy (non-hydrogen) atoms. The molecule has 0 heterocycles. The van der Waals surface area contributed by atoms with Gasteiger partial charge in [0.2, 0.25) is 0 Å². The summed E-state index contributed by atoms with van der Waals surface area (Å²) in [5.41, 5.74) is -0.815. The van der Waals surface area contributed by atoms with Crippen LogP contribution in [0, 0.1) is 0 Å². The van der Waals surface area contributed by atoms with Gasteiger partial charge < -0.3 is 0 Å². The van der Waals surface area contributed by atoms with Gasteiger partial charge in [-0.05, 0) is 19.3 Å². The fourth-order valence-electron chi connectivity index (χ4n) is 2.07. The zero-order valence-corrected chi connectivity index (χ0v) is 8.24. The SMILES string of the molecule is CCC1(F)CCCCCCCC1. The predicted molar refractivity (Wildman–Crippen MR) is 51.1 cm³/mol. The molecule has 1 heteroatoms. The van der Waals surface area contributed by atoms with E-state index in [4.69, 9.17) is 0 Å². The smallest absolute Gasteiger partial charge is 0.110 e. The van der Waals surface area contributed by atoms with Gasteiger partial charge in [-0.15, -0.1) is 0 Å². The van der Waals surface area contributed by atoms with Crippen molar-refractivity contribution in [2.45, 2.75) is 70.4 Å². The lowest BCUT2D eigenvalue weighted by Gasteiger charge is -2.22. The number of hydrogen-bond acceptors (Lipinski definition) is 0. The largest absolute Gasteiger partial charge is 0.244 e. The molecule has 0 aliphatic heterocycles. The monoisotopic (exact) mass is 172 g/mol. The molecular weight excluding hydrogens is 151 g/mol. The second kappa shape index (κ2) is 4.84. The molecule has 1 aliphatic carbocycles. The van der Waals surface area contributed by atoms with Crippen LogP contribution in [0.4, 0.5) is 4.39 Å². The van der Waals surface area contributed by atoms with Gasteiger partial charge in [0.15, 0.2) is 0 Å². The quantitative estimate of drug-likeness (QED) is 0.555. The maximum Gasteiger partial charge on any atom is 0.110 e. The summed E-state index contributed by atoms with van der Waals surface area (Å²) in [5, 5.41) is 0. The Hall–Kier alpha value is -0.0700. The topological polar surface area (TPSA) is 0 Å². The first-order valence-electron chi connectivity index (χ1n) is 5.46. The predicted octanol–water partition coefficient (Wildman–Crippen LogP) is 4.24. The van der Waals surface area contributed by atoms with Crippen LogP contribution in [0.1, 0.15) is 64.7 Å². The average Bonchev–Trinajstić information content (AvgIpc) is 2.18. The second-order valence-corrected chi connectivity index (χ2v) is 4.13. The molecule has 0 nitrogen and oxygen atoms in total. The molecule has 1 aliphatic rings. The molecule has 0 aromatic carbocycles. The summed E-state index contributed by atoms with van der Waals surface area (Å²) < 4.78 is 13.9. The van der Waals surface area contributed by atoms with Crippen LogP contribution in [-0.4, -0.2) is 5.67 Å². The van der Waals surface area contributed by atoms with E-state index in [1.165, 1.54) is 25.7 Å². The number of rotatable bonds is 1. The first-order valence-corrected chi connectivity index (χ1v) is 5.46. The first kappa shape index (κ1) is 10.0. The Morgan fingerprint density at radius 2 is 1.33 bits per heavy atom. The van der Waals surface area contributed by atoms with Gasteiger partial charge in [-0.1, -0.05) is 45.4 Å². The van der Waals surface area contributed by atoms with Gasteiger partial charge in [0.25, 0.3) is 0 Å². The third-order valence-electron chi connectivity index (χ3n) is 3.13. The van der Waals surface area contributed by atoms with Gasteiger partial charge in [-0.2, -0.15) is 0 Å². The van der Waals surface area contributed by atoms with Crippen molar-refractivity contribution in [2.24, 2.45) is 0 Å². The Kier molecular flexibility index (Phi) is 4.03. The molecule has 0 atom stereocenters. The van der Waals surface area contributed by atoms with Crippen molar-refractivity contribution in [3.63, 3.8) is 0 Å². The minimum Gasteiger partial charge on any atom is -0.244 e. The molecule has 0 N–H and O–H groups in total. The molecule has 0 spiro atoms. The zero-order valence-electron chi connectivity index (χ0n) is 8.24. The number of halogens is 1. The van der Waals surface area contributed by atoms with Crippen LogP contribution >= 0.6 is 0 Å². The minimum absolute atomic E-state index is 0.715. The molecule has 0 amide bonds. The van der Waals surface area contributed by atoms with E-state index in [1.54, 1.807) is 0 Å². The maximum absolute atomic E-state index is 13.9. The molecule has 0 saturated heterocycles. The van der Waals surface area contributed by atoms with E-state index in [0.717, 1.165) is 25.7 Å². The lowest BCUT2D eigenvalue weighted by molar-refractivity contribution is 0.125. The highest BCUT2D eigenvalue weighted by Crippen LogP contribution is 2.31. The van der Waals surface area contributed by atoms with Gasteiger partial charge in [-0.25, -0.2) is 4.39 Å².